The molecule has 5 heterocycles. The van der Waals surface area contributed by atoms with E-state index in [1.165, 1.54) is 29.8 Å². The Morgan fingerprint density at radius 1 is 1.24 bits per heavy atom. The lowest BCUT2D eigenvalue weighted by Gasteiger charge is -2.55. The van der Waals surface area contributed by atoms with Gasteiger partial charge in [0.1, 0.15) is 64.0 Å². The van der Waals surface area contributed by atoms with Crippen molar-refractivity contribution in [3.8, 4) is 17.3 Å². The summed E-state index contributed by atoms with van der Waals surface area (Å²) in [6.07, 6.45) is -1.77. The molecular weight excluding hydrogens is 617 g/mol. The Kier molecular flexibility index (Phi) is 8.05. The number of hydrogen-bond acceptors (Lipinski definition) is 11. The molecule has 2 aromatic heterocycles. The number of aliphatic hydroxyl groups is 2. The van der Waals surface area contributed by atoms with Crippen LogP contribution >= 0.6 is 35.0 Å². The largest absolute Gasteiger partial charge is 0.394 e. The van der Waals surface area contributed by atoms with E-state index in [0.717, 1.165) is 12.1 Å². The fourth-order valence-corrected chi connectivity index (χ4v) is 7.12. The zero-order valence-corrected chi connectivity index (χ0v) is 24.3. The van der Waals surface area contributed by atoms with Gasteiger partial charge in [0, 0.05) is 25.8 Å². The summed E-state index contributed by atoms with van der Waals surface area (Å²) in [7, 11) is 1.43. The maximum atomic E-state index is 14.1. The first-order valence-electron chi connectivity index (χ1n) is 12.8. The molecule has 0 saturated carbocycles. The van der Waals surface area contributed by atoms with Gasteiger partial charge >= 0.3 is 0 Å². The fraction of sp³-hybridized carbons (Fsp3) is 0.462. The Balaban J connectivity index is 1.32. The van der Waals surface area contributed by atoms with E-state index in [9.17, 15) is 24.3 Å². The zero-order chi connectivity index (χ0) is 29.8. The third kappa shape index (κ3) is 5.11. The Morgan fingerprint density at radius 3 is 2.55 bits per heavy atom. The van der Waals surface area contributed by atoms with Gasteiger partial charge in [0.2, 0.25) is 0 Å². The van der Waals surface area contributed by atoms with Crippen LogP contribution in [0.5, 0.6) is 0 Å². The molecule has 1 aromatic carbocycles. The van der Waals surface area contributed by atoms with Crippen molar-refractivity contribution in [1.29, 1.82) is 5.26 Å². The molecule has 0 amide bonds. The third-order valence-corrected chi connectivity index (χ3v) is 9.45. The lowest BCUT2D eigenvalue weighted by atomic mass is 9.78. The zero-order valence-electron chi connectivity index (χ0n) is 22.0. The van der Waals surface area contributed by atoms with Crippen molar-refractivity contribution in [2.75, 3.05) is 44.9 Å². The van der Waals surface area contributed by atoms with Gasteiger partial charge in [-0.15, -0.1) is 5.10 Å². The quantitative estimate of drug-likeness (QED) is 0.368. The molecule has 2 unspecified atom stereocenters. The highest BCUT2D eigenvalue weighted by Gasteiger charge is 2.51. The number of hydrogen-bond donors (Lipinski definition) is 2. The number of nitriles is 1. The molecular formula is C26H24Cl2F2N6O5S. The molecule has 222 valence electrons. The Bertz CT molecular complexity index is 1520. The number of ether oxygens (including phenoxy) is 3. The summed E-state index contributed by atoms with van der Waals surface area (Å²) in [6.45, 7) is 2.21. The van der Waals surface area contributed by atoms with Crippen LogP contribution in [0.2, 0.25) is 10.0 Å². The van der Waals surface area contributed by atoms with Crippen molar-refractivity contribution in [2.24, 2.45) is 5.41 Å². The minimum atomic E-state index is -1.29. The molecule has 3 saturated heterocycles. The lowest BCUT2D eigenvalue weighted by Crippen LogP contribution is -2.66. The van der Waals surface area contributed by atoms with E-state index in [4.69, 9.17) is 37.4 Å². The SMILES string of the molecule is CO[C@H]1C(n2cc(-c3cc(F)c(Cl)c(F)c3)nn2)[C@@H](O)C(CO)O[C@@H]1Sc1cc(Cl)c(C#N)nc1N1CC2(COC2)C1. The summed E-state index contributed by atoms with van der Waals surface area (Å²) in [4.78, 5) is 7.17. The molecule has 42 heavy (non-hydrogen) atoms. The molecule has 5 atom stereocenters. The van der Waals surface area contributed by atoms with Gasteiger partial charge in [-0.05, 0) is 18.2 Å². The van der Waals surface area contributed by atoms with Gasteiger partial charge in [-0.3, -0.25) is 0 Å². The Morgan fingerprint density at radius 2 is 1.95 bits per heavy atom. The number of anilines is 1. The van der Waals surface area contributed by atoms with Crippen molar-refractivity contribution in [3.63, 3.8) is 0 Å². The summed E-state index contributed by atoms with van der Waals surface area (Å²) in [5.41, 5.74) is -0.440. The molecule has 0 bridgehead atoms. The van der Waals surface area contributed by atoms with Crippen molar-refractivity contribution in [2.45, 2.75) is 34.7 Å². The number of halogens is 4. The molecule has 3 fully saturated rings. The van der Waals surface area contributed by atoms with E-state index in [-0.39, 0.29) is 27.4 Å². The van der Waals surface area contributed by atoms with Crippen LogP contribution in [0.25, 0.3) is 11.3 Å². The van der Waals surface area contributed by atoms with Crippen LogP contribution in [0.4, 0.5) is 14.6 Å². The first kappa shape index (κ1) is 29.5. The molecule has 6 rings (SSSR count). The standard InChI is InChI=1S/C26H24Cl2F2N6O5S/c1-39-23-21(36-6-17(33-34-36)12-2-14(29)20(28)15(30)3-12)22(38)18(7-37)41-25(23)42-19-4-13(27)16(5-31)32-24(19)35-8-26(9-35)10-40-11-26/h2-4,6,18,21-23,25,37-38H,7-11H2,1H3/t18?,21?,22-,23-,25+/m0/s1. The molecule has 2 N–H and O–H groups in total. The predicted molar refractivity (Wildman–Crippen MR) is 147 cm³/mol. The van der Waals surface area contributed by atoms with Crippen molar-refractivity contribution >= 4 is 40.8 Å². The average Bonchev–Trinajstić information content (AvgIpc) is 3.41. The van der Waals surface area contributed by atoms with E-state index in [1.54, 1.807) is 6.07 Å². The second-order valence-corrected chi connectivity index (χ2v) is 12.4. The lowest BCUT2D eigenvalue weighted by molar-refractivity contribution is -0.186. The first-order chi connectivity index (χ1) is 20.2. The molecule has 11 nitrogen and oxygen atoms in total. The molecule has 1 spiro atoms. The molecule has 3 aromatic rings. The number of aliphatic hydroxyl groups excluding tert-OH is 2. The predicted octanol–water partition coefficient (Wildman–Crippen LogP) is 3.06. The second kappa shape index (κ2) is 11.5. The van der Waals surface area contributed by atoms with Gasteiger partial charge in [0.25, 0.3) is 0 Å². The maximum absolute atomic E-state index is 14.1. The van der Waals surface area contributed by atoms with Gasteiger partial charge in [0.05, 0.1) is 41.4 Å². The van der Waals surface area contributed by atoms with E-state index in [2.05, 4.69) is 15.3 Å². The number of benzene rings is 1. The third-order valence-electron chi connectivity index (χ3n) is 7.63. The topological polar surface area (TPSA) is 139 Å². The van der Waals surface area contributed by atoms with Crippen LogP contribution in [0.1, 0.15) is 11.7 Å². The number of nitrogens with zero attached hydrogens (tertiary/aromatic N) is 6. The highest BCUT2D eigenvalue weighted by atomic mass is 35.5. The summed E-state index contributed by atoms with van der Waals surface area (Å²) in [5, 5.41) is 38.5. The normalized spacial score (nSPS) is 26.5. The van der Waals surface area contributed by atoms with E-state index in [1.807, 2.05) is 11.0 Å². The van der Waals surface area contributed by atoms with Crippen LogP contribution < -0.4 is 4.90 Å². The van der Waals surface area contributed by atoms with Crippen molar-refractivity contribution in [1.82, 2.24) is 20.0 Å². The van der Waals surface area contributed by atoms with Gasteiger partial charge in [-0.25, -0.2) is 18.4 Å². The van der Waals surface area contributed by atoms with E-state index in [0.29, 0.717) is 37.0 Å². The fourth-order valence-electron chi connectivity index (χ4n) is 5.43. The molecule has 3 aliphatic rings. The number of aromatic nitrogens is 4. The smallest absolute Gasteiger partial charge is 0.161 e. The second-order valence-electron chi connectivity index (χ2n) is 10.5. The number of rotatable bonds is 7. The number of thioether (sulfide) groups is 1. The van der Waals surface area contributed by atoms with Crippen LogP contribution in [0, 0.1) is 28.4 Å². The minimum Gasteiger partial charge on any atom is -0.394 e. The highest BCUT2D eigenvalue weighted by Crippen LogP contribution is 2.46. The van der Waals surface area contributed by atoms with E-state index < -0.39 is 53.1 Å². The number of methoxy groups -OCH3 is 1. The summed E-state index contributed by atoms with van der Waals surface area (Å²) >= 11 is 13.2. The summed E-state index contributed by atoms with van der Waals surface area (Å²) in [5.74, 6) is -1.36. The highest BCUT2D eigenvalue weighted by molar-refractivity contribution is 8.00. The van der Waals surface area contributed by atoms with Crippen LogP contribution in [-0.2, 0) is 14.2 Å². The van der Waals surface area contributed by atoms with Crippen molar-refractivity contribution < 1.29 is 33.2 Å². The summed E-state index contributed by atoms with van der Waals surface area (Å²) < 4.78 is 46.8. The molecule has 3 aliphatic heterocycles. The number of pyridine rings is 1. The Hall–Kier alpha value is -2.61. The molecule has 0 aliphatic carbocycles. The van der Waals surface area contributed by atoms with E-state index >= 15 is 0 Å². The monoisotopic (exact) mass is 640 g/mol. The van der Waals surface area contributed by atoms with Gasteiger partial charge < -0.3 is 29.3 Å². The minimum absolute atomic E-state index is 0.0738. The Labute approximate surface area is 252 Å². The van der Waals surface area contributed by atoms with Gasteiger partial charge in [0.15, 0.2) is 5.69 Å². The van der Waals surface area contributed by atoms with Crippen LogP contribution in [-0.4, -0.2) is 94.0 Å². The van der Waals surface area contributed by atoms with Crippen LogP contribution in [0.3, 0.4) is 0 Å². The molecule has 0 radical (unpaired) electrons. The average molecular weight is 641 g/mol. The van der Waals surface area contributed by atoms with Gasteiger partial charge in [-0.2, -0.15) is 5.26 Å². The molecule has 16 heteroatoms. The first-order valence-corrected chi connectivity index (χ1v) is 14.4. The summed E-state index contributed by atoms with van der Waals surface area (Å²) in [6, 6.07) is 4.79. The van der Waals surface area contributed by atoms with Crippen molar-refractivity contribution in [3.05, 3.63) is 51.8 Å². The van der Waals surface area contributed by atoms with Gasteiger partial charge in [-0.1, -0.05) is 40.2 Å². The maximum Gasteiger partial charge on any atom is 0.161 e. The van der Waals surface area contributed by atoms with Crippen LogP contribution in [0.15, 0.2) is 29.3 Å².